The Morgan fingerprint density at radius 1 is 1.18 bits per heavy atom. The number of aromatic nitrogens is 2. The summed E-state index contributed by atoms with van der Waals surface area (Å²) in [5.74, 6) is 0.902. The number of hydrogen-bond acceptors (Lipinski definition) is 5. The maximum absolute atomic E-state index is 5.59. The molecular weight excluding hydrogens is 332 g/mol. The van der Waals surface area contributed by atoms with Crippen LogP contribution in [0.25, 0.3) is 21.1 Å². The molecule has 6 heteroatoms. The van der Waals surface area contributed by atoms with Gasteiger partial charge >= 0.3 is 0 Å². The first-order valence-electron chi connectivity index (χ1n) is 7.16. The second-order valence-corrected chi connectivity index (χ2v) is 7.97. The van der Waals surface area contributed by atoms with Gasteiger partial charge < -0.3 is 9.72 Å². The van der Waals surface area contributed by atoms with E-state index in [9.17, 15) is 0 Å². The summed E-state index contributed by atoms with van der Waals surface area (Å²) in [5.41, 5.74) is 2.16. The van der Waals surface area contributed by atoms with Crippen LogP contribution in [0.2, 0.25) is 0 Å². The van der Waals surface area contributed by atoms with Crippen LogP contribution in [0.1, 0.15) is 13.8 Å². The number of thiophene rings is 2. The summed E-state index contributed by atoms with van der Waals surface area (Å²) in [7, 11) is 0. The van der Waals surface area contributed by atoms with Crippen molar-refractivity contribution in [2.45, 2.75) is 25.1 Å². The van der Waals surface area contributed by atoms with Crippen molar-refractivity contribution in [3.8, 4) is 21.1 Å². The predicted molar refractivity (Wildman–Crippen MR) is 97.0 cm³/mol. The topological polar surface area (TPSA) is 37.9 Å². The van der Waals surface area contributed by atoms with Gasteiger partial charge in [-0.15, -0.1) is 22.7 Å². The normalized spacial score (nSPS) is 11.4. The monoisotopic (exact) mass is 350 g/mol. The van der Waals surface area contributed by atoms with Crippen molar-refractivity contribution >= 4 is 34.4 Å². The average molecular weight is 351 g/mol. The van der Waals surface area contributed by atoms with Crippen molar-refractivity contribution in [1.29, 1.82) is 0 Å². The highest BCUT2D eigenvalue weighted by atomic mass is 32.2. The van der Waals surface area contributed by atoms with Gasteiger partial charge in [-0.3, -0.25) is 0 Å². The van der Waals surface area contributed by atoms with Gasteiger partial charge in [0.15, 0.2) is 5.16 Å². The zero-order valence-electron chi connectivity index (χ0n) is 12.5. The van der Waals surface area contributed by atoms with Gasteiger partial charge in [-0.1, -0.05) is 23.9 Å². The SMILES string of the molecule is CC(C)OCCSc1nc(-c2cccs2)c(-c2cccs2)[nH]1. The molecule has 0 atom stereocenters. The van der Waals surface area contributed by atoms with E-state index in [0.717, 1.165) is 28.9 Å². The third-order valence-electron chi connectivity index (χ3n) is 2.98. The van der Waals surface area contributed by atoms with E-state index in [4.69, 9.17) is 9.72 Å². The van der Waals surface area contributed by atoms with Crippen molar-refractivity contribution < 1.29 is 4.74 Å². The molecule has 0 saturated carbocycles. The van der Waals surface area contributed by atoms with Crippen LogP contribution in [0, 0.1) is 0 Å². The van der Waals surface area contributed by atoms with Crippen LogP contribution >= 0.6 is 34.4 Å². The number of aromatic amines is 1. The summed E-state index contributed by atoms with van der Waals surface area (Å²) >= 11 is 5.16. The Bertz CT molecular complexity index is 635. The fourth-order valence-electron chi connectivity index (χ4n) is 2.03. The second kappa shape index (κ2) is 7.46. The zero-order valence-corrected chi connectivity index (χ0v) is 15.0. The smallest absolute Gasteiger partial charge is 0.166 e. The molecule has 0 aromatic carbocycles. The van der Waals surface area contributed by atoms with Crippen LogP contribution in [-0.2, 0) is 4.74 Å². The number of imidazole rings is 1. The molecule has 0 aliphatic heterocycles. The fourth-order valence-corrected chi connectivity index (χ4v) is 4.18. The molecule has 3 aromatic heterocycles. The van der Waals surface area contributed by atoms with E-state index in [2.05, 4.69) is 53.9 Å². The summed E-state index contributed by atoms with van der Waals surface area (Å²) in [6.07, 6.45) is 0.278. The van der Waals surface area contributed by atoms with Crippen LogP contribution in [-0.4, -0.2) is 28.4 Å². The molecule has 3 heterocycles. The molecule has 0 spiro atoms. The molecule has 0 saturated heterocycles. The van der Waals surface area contributed by atoms with Gasteiger partial charge in [-0.25, -0.2) is 4.98 Å². The lowest BCUT2D eigenvalue weighted by Gasteiger charge is -2.05. The van der Waals surface area contributed by atoms with E-state index in [0.29, 0.717) is 0 Å². The molecule has 22 heavy (non-hydrogen) atoms. The van der Waals surface area contributed by atoms with Crippen LogP contribution in [0.3, 0.4) is 0 Å². The van der Waals surface area contributed by atoms with E-state index in [1.165, 1.54) is 9.75 Å². The Balaban J connectivity index is 1.79. The molecule has 0 fully saturated rings. The van der Waals surface area contributed by atoms with E-state index in [-0.39, 0.29) is 6.10 Å². The van der Waals surface area contributed by atoms with Crippen LogP contribution < -0.4 is 0 Å². The number of ether oxygens (including phenoxy) is 1. The molecule has 116 valence electrons. The van der Waals surface area contributed by atoms with Crippen LogP contribution in [0.15, 0.2) is 40.2 Å². The number of nitrogens with one attached hydrogen (secondary N) is 1. The molecule has 0 radical (unpaired) electrons. The number of thioether (sulfide) groups is 1. The minimum Gasteiger partial charge on any atom is -0.378 e. The van der Waals surface area contributed by atoms with Gasteiger partial charge in [0.1, 0.15) is 5.69 Å². The molecule has 0 unspecified atom stereocenters. The highest BCUT2D eigenvalue weighted by Crippen LogP contribution is 2.36. The average Bonchev–Trinajstić information content (AvgIpc) is 3.21. The Hall–Kier alpha value is -1.08. The van der Waals surface area contributed by atoms with E-state index in [1.54, 1.807) is 34.4 Å². The molecular formula is C16H18N2OS3. The largest absolute Gasteiger partial charge is 0.378 e. The Kier molecular flexibility index (Phi) is 5.36. The molecule has 0 amide bonds. The number of H-pyrrole nitrogens is 1. The van der Waals surface area contributed by atoms with Crippen molar-refractivity contribution in [1.82, 2.24) is 9.97 Å². The second-order valence-electron chi connectivity index (χ2n) is 4.99. The first kappa shape index (κ1) is 15.8. The molecule has 3 rings (SSSR count). The van der Waals surface area contributed by atoms with Gasteiger partial charge in [0.05, 0.1) is 28.2 Å². The third kappa shape index (κ3) is 3.81. The highest BCUT2D eigenvalue weighted by Gasteiger charge is 2.15. The van der Waals surface area contributed by atoms with E-state index >= 15 is 0 Å². The maximum Gasteiger partial charge on any atom is 0.166 e. The summed E-state index contributed by atoms with van der Waals surface area (Å²) in [6, 6.07) is 8.39. The van der Waals surface area contributed by atoms with Gasteiger partial charge in [0, 0.05) is 5.75 Å². The van der Waals surface area contributed by atoms with Crippen molar-refractivity contribution in [2.75, 3.05) is 12.4 Å². The lowest BCUT2D eigenvalue weighted by molar-refractivity contribution is 0.0920. The quantitative estimate of drug-likeness (QED) is 0.459. The maximum atomic E-state index is 5.59. The lowest BCUT2D eigenvalue weighted by Crippen LogP contribution is -2.05. The number of nitrogens with zero attached hydrogens (tertiary/aromatic N) is 1. The lowest BCUT2D eigenvalue weighted by atomic mass is 10.2. The minimum atomic E-state index is 0.278. The Morgan fingerprint density at radius 2 is 1.91 bits per heavy atom. The Labute approximate surface area is 142 Å². The van der Waals surface area contributed by atoms with Gasteiger partial charge in [0.25, 0.3) is 0 Å². The molecule has 0 bridgehead atoms. The van der Waals surface area contributed by atoms with Crippen molar-refractivity contribution in [2.24, 2.45) is 0 Å². The van der Waals surface area contributed by atoms with Crippen molar-refractivity contribution in [3.63, 3.8) is 0 Å². The minimum absolute atomic E-state index is 0.278. The predicted octanol–water partition coefficient (Wildman–Crippen LogP) is 5.38. The highest BCUT2D eigenvalue weighted by molar-refractivity contribution is 7.99. The van der Waals surface area contributed by atoms with Gasteiger partial charge in [-0.2, -0.15) is 0 Å². The molecule has 0 aliphatic rings. The Morgan fingerprint density at radius 3 is 2.55 bits per heavy atom. The number of rotatable bonds is 7. The van der Waals surface area contributed by atoms with Crippen LogP contribution in [0.4, 0.5) is 0 Å². The van der Waals surface area contributed by atoms with E-state index < -0.39 is 0 Å². The van der Waals surface area contributed by atoms with Crippen LogP contribution in [0.5, 0.6) is 0 Å². The zero-order chi connectivity index (χ0) is 15.4. The molecule has 3 aromatic rings. The molecule has 1 N–H and O–H groups in total. The first-order valence-corrected chi connectivity index (χ1v) is 9.90. The summed E-state index contributed by atoms with van der Waals surface area (Å²) in [6.45, 7) is 4.86. The molecule has 3 nitrogen and oxygen atoms in total. The van der Waals surface area contributed by atoms with Gasteiger partial charge in [0.2, 0.25) is 0 Å². The summed E-state index contributed by atoms with van der Waals surface area (Å²) < 4.78 is 5.59. The van der Waals surface area contributed by atoms with E-state index in [1.807, 2.05) is 0 Å². The fraction of sp³-hybridized carbons (Fsp3) is 0.312. The van der Waals surface area contributed by atoms with Gasteiger partial charge in [-0.05, 0) is 36.7 Å². The molecule has 0 aliphatic carbocycles. The first-order chi connectivity index (χ1) is 10.7. The van der Waals surface area contributed by atoms with Crippen molar-refractivity contribution in [3.05, 3.63) is 35.0 Å². The third-order valence-corrected chi connectivity index (χ3v) is 5.58. The summed E-state index contributed by atoms with van der Waals surface area (Å²) in [4.78, 5) is 10.7. The number of hydrogen-bond donors (Lipinski definition) is 1. The summed E-state index contributed by atoms with van der Waals surface area (Å²) in [5, 5.41) is 5.14. The standard InChI is InChI=1S/C16H18N2OS3/c1-11(2)19-7-10-22-16-17-14(12-5-3-8-20-12)15(18-16)13-6-4-9-21-13/h3-6,8-9,11H,7,10H2,1-2H3,(H,17,18).